The molecule has 0 bridgehead atoms. The van der Waals surface area contributed by atoms with Gasteiger partial charge in [0.05, 0.1) is 29.5 Å². The van der Waals surface area contributed by atoms with Crippen LogP contribution in [-0.2, 0) is 14.3 Å². The second-order valence-electron chi connectivity index (χ2n) is 14.1. The van der Waals surface area contributed by atoms with E-state index in [2.05, 4.69) is 87.9 Å². The lowest BCUT2D eigenvalue weighted by atomic mass is 9.88. The number of benzene rings is 4. The number of hydrogen-bond acceptors (Lipinski definition) is 8. The van der Waals surface area contributed by atoms with Crippen LogP contribution in [0.5, 0.6) is 0 Å². The summed E-state index contributed by atoms with van der Waals surface area (Å²) in [5.41, 5.74) is 3.38. The van der Waals surface area contributed by atoms with Gasteiger partial charge in [0, 0.05) is 39.3 Å². The molecular weight excluding hydrogens is 623 g/mol. The zero-order chi connectivity index (χ0) is 34.4. The van der Waals surface area contributed by atoms with Crippen molar-refractivity contribution < 1.29 is 22.8 Å². The van der Waals surface area contributed by atoms with Crippen molar-refractivity contribution >= 4 is 10.1 Å². The molecule has 4 aromatic rings. The molecule has 0 aliphatic carbocycles. The highest BCUT2D eigenvalue weighted by Crippen LogP contribution is 2.38. The molecule has 0 atom stereocenters. The van der Waals surface area contributed by atoms with E-state index in [9.17, 15) is 13.5 Å². The molecule has 3 N–H and O–H groups in total. The van der Waals surface area contributed by atoms with Crippen LogP contribution in [0.2, 0.25) is 0 Å². The van der Waals surface area contributed by atoms with Crippen molar-refractivity contribution in [1.29, 1.82) is 0 Å². The largest absolute Gasteiger partial charge is 0.388 e. The minimum absolute atomic E-state index is 0.105. The molecular formula is C39H49N3O5S. The summed E-state index contributed by atoms with van der Waals surface area (Å²) >= 11 is 0. The first kappa shape index (κ1) is 35.9. The van der Waals surface area contributed by atoms with Gasteiger partial charge in [0.25, 0.3) is 10.1 Å². The monoisotopic (exact) mass is 671 g/mol. The first-order valence-corrected chi connectivity index (χ1v) is 18.3. The molecule has 4 aromatic carbocycles. The van der Waals surface area contributed by atoms with E-state index in [-0.39, 0.29) is 17.7 Å². The number of β-amino-alcohol motifs (C(OH)–C–C–N with tert-alkyl or cyclic N) is 2. The molecule has 0 radical (unpaired) electrons. The Kier molecular flexibility index (Phi) is 11.2. The Morgan fingerprint density at radius 1 is 0.583 bits per heavy atom. The molecule has 3 aliphatic heterocycles. The molecule has 48 heavy (non-hydrogen) atoms. The predicted molar refractivity (Wildman–Crippen MR) is 191 cm³/mol. The lowest BCUT2D eigenvalue weighted by molar-refractivity contribution is -0.0964. The minimum atomic E-state index is -3.45. The summed E-state index contributed by atoms with van der Waals surface area (Å²) < 4.78 is 28.1. The van der Waals surface area contributed by atoms with Gasteiger partial charge in [-0.3, -0.25) is 14.0 Å². The van der Waals surface area contributed by atoms with Crippen LogP contribution in [0.1, 0.15) is 55.1 Å². The highest BCUT2D eigenvalue weighted by molar-refractivity contribution is 7.86. The molecule has 0 spiro atoms. The normalized spacial score (nSPS) is 19.4. The Bertz CT molecular complexity index is 1590. The molecule has 3 heterocycles. The minimum Gasteiger partial charge on any atom is -0.388 e. The van der Waals surface area contributed by atoms with Crippen molar-refractivity contribution in [2.24, 2.45) is 0 Å². The van der Waals surface area contributed by atoms with Crippen molar-refractivity contribution in [3.63, 3.8) is 0 Å². The topological polar surface area (TPSA) is 102 Å². The van der Waals surface area contributed by atoms with Crippen molar-refractivity contribution in [2.45, 2.75) is 49.7 Å². The van der Waals surface area contributed by atoms with E-state index < -0.39 is 21.3 Å². The van der Waals surface area contributed by atoms with Gasteiger partial charge in [0.1, 0.15) is 5.60 Å². The van der Waals surface area contributed by atoms with Gasteiger partial charge in [-0.05, 0) is 43.0 Å². The van der Waals surface area contributed by atoms with Gasteiger partial charge in [-0.2, -0.15) is 8.42 Å². The number of aliphatic hydroxyl groups is 2. The van der Waals surface area contributed by atoms with E-state index in [4.69, 9.17) is 9.29 Å². The van der Waals surface area contributed by atoms with Crippen LogP contribution in [0.3, 0.4) is 0 Å². The molecule has 3 fully saturated rings. The van der Waals surface area contributed by atoms with Crippen molar-refractivity contribution in [3.8, 4) is 0 Å². The highest BCUT2D eigenvalue weighted by Gasteiger charge is 2.46. The third kappa shape index (κ3) is 9.83. The fourth-order valence-corrected chi connectivity index (χ4v) is 7.52. The van der Waals surface area contributed by atoms with Gasteiger partial charge in [-0.1, -0.05) is 121 Å². The smallest absolute Gasteiger partial charge is 0.265 e. The maximum atomic E-state index is 11.4. The van der Waals surface area contributed by atoms with Crippen LogP contribution >= 0.6 is 0 Å². The van der Waals surface area contributed by atoms with Gasteiger partial charge in [0.2, 0.25) is 0 Å². The standard InChI is InChI=1S/C18H21NO3S.C17H19NO.C4H9NO/c1-18(22-23(2,20)21)13-19(14-18)17(15-9-5-3-6-10-15)16-11-7-4-8-12-16;1-17(19)12-18(13-17)16(14-8-4-2-5-9-14)15-10-6-3-7-11-15;1-4(6)2-5-3-4/h3-12,17H,13-14H2,1-2H3;2-11,16,19H,12-13H2,1H3;5-6H,2-3H2,1H3. The molecule has 0 unspecified atom stereocenters. The van der Waals surface area contributed by atoms with Crippen LogP contribution in [0.4, 0.5) is 0 Å². The van der Waals surface area contributed by atoms with E-state index >= 15 is 0 Å². The van der Waals surface area contributed by atoms with E-state index in [1.54, 1.807) is 0 Å². The van der Waals surface area contributed by atoms with E-state index in [0.717, 1.165) is 32.4 Å². The number of rotatable bonds is 8. The Labute approximate surface area is 286 Å². The maximum absolute atomic E-state index is 11.4. The van der Waals surface area contributed by atoms with Crippen LogP contribution in [0.25, 0.3) is 0 Å². The molecule has 0 saturated carbocycles. The summed E-state index contributed by atoms with van der Waals surface area (Å²) in [5.74, 6) is 0. The number of nitrogens with one attached hydrogen (secondary N) is 1. The average molecular weight is 672 g/mol. The number of nitrogens with zero attached hydrogens (tertiary/aromatic N) is 2. The summed E-state index contributed by atoms with van der Waals surface area (Å²) in [5, 5.41) is 21.8. The van der Waals surface area contributed by atoms with Crippen LogP contribution in [-0.4, -0.2) is 90.8 Å². The molecule has 0 aromatic heterocycles. The fourth-order valence-electron chi connectivity index (χ4n) is 6.68. The van der Waals surface area contributed by atoms with E-state index in [0.29, 0.717) is 13.1 Å². The van der Waals surface area contributed by atoms with Crippen LogP contribution in [0, 0.1) is 0 Å². The summed E-state index contributed by atoms with van der Waals surface area (Å²) in [4.78, 5) is 4.57. The summed E-state index contributed by atoms with van der Waals surface area (Å²) in [6.07, 6.45) is 1.10. The Morgan fingerprint density at radius 3 is 1.10 bits per heavy atom. The Morgan fingerprint density at radius 2 is 0.875 bits per heavy atom. The summed E-state index contributed by atoms with van der Waals surface area (Å²) in [6.45, 7) is 9.68. The maximum Gasteiger partial charge on any atom is 0.265 e. The number of hydrogen-bond donors (Lipinski definition) is 3. The first-order chi connectivity index (χ1) is 22.7. The average Bonchev–Trinajstić information content (AvgIpc) is 3.01. The molecule has 8 nitrogen and oxygen atoms in total. The highest BCUT2D eigenvalue weighted by atomic mass is 32.2. The second-order valence-corrected chi connectivity index (χ2v) is 15.7. The van der Waals surface area contributed by atoms with E-state index in [1.165, 1.54) is 22.3 Å². The van der Waals surface area contributed by atoms with Gasteiger partial charge in [0.15, 0.2) is 0 Å². The Balaban J connectivity index is 0.000000162. The second kappa shape index (κ2) is 15.0. The van der Waals surface area contributed by atoms with Crippen molar-refractivity contribution in [3.05, 3.63) is 144 Å². The molecule has 3 aliphatic rings. The SMILES string of the molecule is CC1(O)CN(C(c2ccccc2)c2ccccc2)C1.CC1(O)CNC1.CC1(OS(C)(=O)=O)CN(C(c2ccccc2)c2ccccc2)C1. The fraction of sp³-hybridized carbons (Fsp3) is 0.385. The molecule has 7 rings (SSSR count). The zero-order valence-corrected chi connectivity index (χ0v) is 29.2. The Hall–Kier alpha value is -3.41. The quantitative estimate of drug-likeness (QED) is 0.225. The van der Waals surface area contributed by atoms with Crippen LogP contribution < -0.4 is 5.32 Å². The third-order valence-electron chi connectivity index (χ3n) is 8.72. The lowest BCUT2D eigenvalue weighted by Crippen LogP contribution is -2.62. The van der Waals surface area contributed by atoms with Crippen LogP contribution in [0.15, 0.2) is 121 Å². The van der Waals surface area contributed by atoms with Crippen molar-refractivity contribution in [1.82, 2.24) is 15.1 Å². The number of likely N-dealkylation sites (tertiary alicyclic amines) is 2. The molecule has 3 saturated heterocycles. The van der Waals surface area contributed by atoms with E-state index in [1.807, 2.05) is 69.3 Å². The van der Waals surface area contributed by atoms with Gasteiger partial charge < -0.3 is 15.5 Å². The van der Waals surface area contributed by atoms with Gasteiger partial charge in [-0.15, -0.1) is 0 Å². The van der Waals surface area contributed by atoms with Crippen molar-refractivity contribution in [2.75, 3.05) is 45.5 Å². The first-order valence-electron chi connectivity index (χ1n) is 16.5. The molecule has 9 heteroatoms. The third-order valence-corrected chi connectivity index (χ3v) is 9.42. The zero-order valence-electron chi connectivity index (χ0n) is 28.4. The van der Waals surface area contributed by atoms with Gasteiger partial charge in [-0.25, -0.2) is 0 Å². The molecule has 256 valence electrons. The molecule has 0 amide bonds. The predicted octanol–water partition coefficient (Wildman–Crippen LogP) is 5.01. The van der Waals surface area contributed by atoms with Gasteiger partial charge >= 0.3 is 0 Å². The summed E-state index contributed by atoms with van der Waals surface area (Å²) in [7, 11) is -3.45. The summed E-state index contributed by atoms with van der Waals surface area (Å²) in [6, 6.07) is 41.8. The lowest BCUT2D eigenvalue weighted by Gasteiger charge is -2.50.